The minimum absolute atomic E-state index is 0.0260. The molecule has 2 heterocycles. The van der Waals surface area contributed by atoms with Crippen molar-refractivity contribution >= 4 is 27.6 Å². The van der Waals surface area contributed by atoms with Crippen molar-refractivity contribution in [3.05, 3.63) is 82.9 Å². The smallest absolute Gasteiger partial charge is 0.238 e. The number of nitrogens with two attached hydrogens (primary N) is 1. The molecule has 4 rings (SSSR count). The Bertz CT molecular complexity index is 1490. The average Bonchev–Trinajstić information content (AvgIpc) is 3.30. The maximum Gasteiger partial charge on any atom is 0.238 e. The fourth-order valence-electron chi connectivity index (χ4n) is 3.94. The molecular weight excluding hydrogens is 470 g/mol. The Morgan fingerprint density at radius 2 is 1.65 bits per heavy atom. The van der Waals surface area contributed by atoms with Crippen molar-refractivity contribution in [3.63, 3.8) is 0 Å². The first-order chi connectivity index (χ1) is 16.1. The summed E-state index contributed by atoms with van der Waals surface area (Å²) in [4.78, 5) is 13.2. The van der Waals surface area contributed by atoms with Crippen molar-refractivity contribution in [2.24, 2.45) is 5.14 Å². The molecule has 4 aromatic rings. The number of Topliss-reactive ketones (excluding diaryl/α,β-unsaturated/α-hetero) is 1. The summed E-state index contributed by atoms with van der Waals surface area (Å²) in [6, 6.07) is 16.2. The van der Waals surface area contributed by atoms with E-state index in [2.05, 4.69) is 16.3 Å². The van der Waals surface area contributed by atoms with E-state index in [1.165, 1.54) is 23.9 Å². The van der Waals surface area contributed by atoms with Gasteiger partial charge in [-0.1, -0.05) is 23.9 Å². The van der Waals surface area contributed by atoms with E-state index in [0.29, 0.717) is 10.7 Å². The quantitative estimate of drug-likeness (QED) is 0.307. The molecule has 8 nitrogen and oxygen atoms in total. The zero-order chi connectivity index (χ0) is 24.6. The number of benzene rings is 2. The van der Waals surface area contributed by atoms with Gasteiger partial charge in [0.15, 0.2) is 10.9 Å². The van der Waals surface area contributed by atoms with E-state index in [1.54, 1.807) is 12.1 Å². The Morgan fingerprint density at radius 1 is 0.941 bits per heavy atom. The molecule has 2 aromatic carbocycles. The van der Waals surface area contributed by atoms with Crippen LogP contribution in [0.2, 0.25) is 0 Å². The monoisotopic (exact) mass is 495 g/mol. The van der Waals surface area contributed by atoms with Gasteiger partial charge in [0.25, 0.3) is 0 Å². The second-order valence-electron chi connectivity index (χ2n) is 8.08. The molecule has 0 aliphatic heterocycles. The molecule has 0 aliphatic carbocycles. The normalized spacial score (nSPS) is 11.7. The highest BCUT2D eigenvalue weighted by Gasteiger charge is 2.19. The van der Waals surface area contributed by atoms with Crippen LogP contribution in [-0.4, -0.2) is 39.3 Å². The summed E-state index contributed by atoms with van der Waals surface area (Å²) in [5.41, 5.74) is 5.10. The van der Waals surface area contributed by atoms with Gasteiger partial charge in [-0.2, -0.15) is 0 Å². The average molecular weight is 496 g/mol. The van der Waals surface area contributed by atoms with Gasteiger partial charge >= 0.3 is 0 Å². The Hall–Kier alpha value is -3.21. The first kappa shape index (κ1) is 23.9. The van der Waals surface area contributed by atoms with Crippen LogP contribution in [0.1, 0.15) is 33.1 Å². The van der Waals surface area contributed by atoms with Crippen LogP contribution < -0.4 is 5.14 Å². The van der Waals surface area contributed by atoms with Gasteiger partial charge < -0.3 is 4.57 Å². The fraction of sp³-hybridized carbons (Fsp3) is 0.208. The van der Waals surface area contributed by atoms with Crippen LogP contribution in [0.15, 0.2) is 64.6 Å². The molecule has 176 valence electrons. The van der Waals surface area contributed by atoms with Gasteiger partial charge in [0.2, 0.25) is 10.0 Å². The molecule has 0 saturated carbocycles. The third-order valence-corrected chi connectivity index (χ3v) is 7.40. The van der Waals surface area contributed by atoms with Gasteiger partial charge in [-0.15, -0.1) is 10.2 Å². The number of carbonyl (C=O) groups is 1. The Labute approximate surface area is 202 Å². The summed E-state index contributed by atoms with van der Waals surface area (Å²) in [7, 11) is -3.77. The van der Waals surface area contributed by atoms with Crippen molar-refractivity contribution in [2.45, 2.75) is 37.7 Å². The van der Waals surface area contributed by atoms with Crippen LogP contribution in [0, 0.1) is 27.7 Å². The third kappa shape index (κ3) is 4.70. The molecule has 0 saturated heterocycles. The van der Waals surface area contributed by atoms with Gasteiger partial charge in [-0.3, -0.25) is 9.36 Å². The minimum atomic E-state index is -3.77. The van der Waals surface area contributed by atoms with Crippen LogP contribution in [0.5, 0.6) is 0 Å². The van der Waals surface area contributed by atoms with E-state index in [9.17, 15) is 13.2 Å². The summed E-state index contributed by atoms with van der Waals surface area (Å²) in [6.07, 6.45) is 0. The van der Waals surface area contributed by atoms with Crippen LogP contribution in [0.3, 0.4) is 0 Å². The number of aryl methyl sites for hydroxylation is 3. The van der Waals surface area contributed by atoms with Gasteiger partial charge in [0, 0.05) is 28.3 Å². The number of nitrogens with zero attached hydrogens (tertiary/aromatic N) is 4. The summed E-state index contributed by atoms with van der Waals surface area (Å²) in [5, 5.41) is 14.3. The Balaban J connectivity index is 1.57. The standard InChI is InChI=1S/C24H25N5O3S2/c1-15-6-5-7-20(12-15)29-18(4)26-27-24(29)33-14-23(30)22-13-16(2)28(17(22)3)19-8-10-21(11-9-19)34(25,31)32/h5-13H,14H2,1-4H3,(H2,25,31,32). The lowest BCUT2D eigenvalue weighted by Gasteiger charge is -2.11. The van der Waals surface area contributed by atoms with Crippen LogP contribution in [0.25, 0.3) is 11.4 Å². The van der Waals surface area contributed by atoms with Crippen molar-refractivity contribution < 1.29 is 13.2 Å². The summed E-state index contributed by atoms with van der Waals surface area (Å²) < 4.78 is 27.0. The van der Waals surface area contributed by atoms with Crippen molar-refractivity contribution in [1.29, 1.82) is 0 Å². The van der Waals surface area contributed by atoms with E-state index in [-0.39, 0.29) is 16.4 Å². The molecule has 0 radical (unpaired) electrons. The van der Waals surface area contributed by atoms with Gasteiger partial charge in [0.1, 0.15) is 5.82 Å². The molecule has 2 aromatic heterocycles. The van der Waals surface area contributed by atoms with Crippen molar-refractivity contribution in [3.8, 4) is 11.4 Å². The predicted octanol–water partition coefficient (Wildman–Crippen LogP) is 3.91. The van der Waals surface area contributed by atoms with Crippen LogP contribution in [-0.2, 0) is 10.0 Å². The largest absolute Gasteiger partial charge is 0.318 e. The predicted molar refractivity (Wildman–Crippen MR) is 133 cm³/mol. The number of ketones is 1. The molecule has 2 N–H and O–H groups in total. The maximum absolute atomic E-state index is 13.1. The lowest BCUT2D eigenvalue weighted by Crippen LogP contribution is -2.12. The number of carbonyl (C=O) groups excluding carboxylic acids is 1. The van der Waals surface area contributed by atoms with Gasteiger partial charge in [-0.25, -0.2) is 13.6 Å². The minimum Gasteiger partial charge on any atom is -0.318 e. The molecule has 0 aliphatic rings. The number of aromatic nitrogens is 4. The van der Waals surface area contributed by atoms with E-state index < -0.39 is 10.0 Å². The molecule has 0 bridgehead atoms. The first-order valence-corrected chi connectivity index (χ1v) is 13.1. The van der Waals surface area contributed by atoms with Crippen molar-refractivity contribution in [2.75, 3.05) is 5.75 Å². The highest BCUT2D eigenvalue weighted by atomic mass is 32.2. The highest BCUT2D eigenvalue weighted by Crippen LogP contribution is 2.26. The Morgan fingerprint density at radius 3 is 2.29 bits per heavy atom. The number of hydrogen-bond donors (Lipinski definition) is 1. The number of sulfonamides is 1. The summed E-state index contributed by atoms with van der Waals surface area (Å²) >= 11 is 1.35. The topological polar surface area (TPSA) is 113 Å². The summed E-state index contributed by atoms with van der Waals surface area (Å²) in [5.74, 6) is 0.933. The molecule has 0 spiro atoms. The first-order valence-electron chi connectivity index (χ1n) is 10.5. The molecule has 0 fully saturated rings. The zero-order valence-electron chi connectivity index (χ0n) is 19.3. The van der Waals surface area contributed by atoms with Crippen LogP contribution >= 0.6 is 11.8 Å². The fourth-order valence-corrected chi connectivity index (χ4v) is 5.33. The second kappa shape index (κ2) is 9.21. The lowest BCUT2D eigenvalue weighted by atomic mass is 10.2. The molecular formula is C24H25N5O3S2. The highest BCUT2D eigenvalue weighted by molar-refractivity contribution is 7.99. The van der Waals surface area contributed by atoms with Gasteiger partial charge in [0.05, 0.1) is 10.6 Å². The van der Waals surface area contributed by atoms with E-state index in [0.717, 1.165) is 34.2 Å². The third-order valence-electron chi connectivity index (χ3n) is 5.54. The number of primary sulfonamides is 1. The molecule has 0 amide bonds. The second-order valence-corrected chi connectivity index (χ2v) is 10.6. The molecule has 34 heavy (non-hydrogen) atoms. The molecule has 0 unspecified atom stereocenters. The van der Waals surface area contributed by atoms with Gasteiger partial charge in [-0.05, 0) is 75.7 Å². The van der Waals surface area contributed by atoms with Crippen LogP contribution in [0.4, 0.5) is 0 Å². The van der Waals surface area contributed by atoms with E-state index in [4.69, 9.17) is 5.14 Å². The number of thioether (sulfide) groups is 1. The molecule has 0 atom stereocenters. The van der Waals surface area contributed by atoms with E-state index >= 15 is 0 Å². The van der Waals surface area contributed by atoms with Crippen molar-refractivity contribution in [1.82, 2.24) is 19.3 Å². The van der Waals surface area contributed by atoms with E-state index in [1.807, 2.05) is 61.1 Å². The lowest BCUT2D eigenvalue weighted by molar-refractivity contribution is 0.102. The summed E-state index contributed by atoms with van der Waals surface area (Å²) in [6.45, 7) is 7.69. The number of rotatable bonds is 7. The zero-order valence-corrected chi connectivity index (χ0v) is 20.9. The maximum atomic E-state index is 13.1. The molecule has 10 heteroatoms. The Kier molecular flexibility index (Phi) is 6.48. The number of hydrogen-bond acceptors (Lipinski definition) is 6. The SMILES string of the molecule is Cc1cccc(-n2c(C)nnc2SCC(=O)c2cc(C)n(-c3ccc(S(N)(=O)=O)cc3)c2C)c1.